The van der Waals surface area contributed by atoms with Crippen LogP contribution in [-0.2, 0) is 0 Å². The molecule has 1 fully saturated rings. The second kappa shape index (κ2) is 7.55. The Morgan fingerprint density at radius 3 is 2.10 bits per heavy atom. The van der Waals surface area contributed by atoms with Gasteiger partial charge < -0.3 is 19.9 Å². The van der Waals surface area contributed by atoms with E-state index in [-0.39, 0.29) is 5.84 Å². The van der Waals surface area contributed by atoms with E-state index >= 15 is 0 Å². The number of nitriles is 2. The number of rotatable bonds is 8. The molecule has 1 aliphatic carbocycles. The third-order valence-electron chi connectivity index (χ3n) is 5.65. The summed E-state index contributed by atoms with van der Waals surface area (Å²) in [5, 5.41) is 20.7. The Morgan fingerprint density at radius 1 is 1.03 bits per heavy atom. The minimum atomic E-state index is -1.21. The summed E-state index contributed by atoms with van der Waals surface area (Å²) < 4.78 is 15.7. The number of ether oxygens (including phenoxy) is 3. The average Bonchev–Trinajstić information content (AvgIpc) is 3.31. The highest BCUT2D eigenvalue weighted by atomic mass is 32.2. The Labute approximate surface area is 179 Å². The van der Waals surface area contributed by atoms with E-state index in [4.69, 9.17) is 24.9 Å². The van der Waals surface area contributed by atoms with Crippen molar-refractivity contribution in [2.75, 3.05) is 32.8 Å². The summed E-state index contributed by atoms with van der Waals surface area (Å²) in [5.74, 6) is 2.58. The first-order valence-corrected chi connectivity index (χ1v) is 11.2. The Hall–Kier alpha value is -2.23. The second-order valence-corrected chi connectivity index (χ2v) is 9.81. The van der Waals surface area contributed by atoms with Crippen molar-refractivity contribution in [3.8, 4) is 29.4 Å². The number of thioether (sulfide) groups is 2. The molecule has 154 valence electrons. The quantitative estimate of drug-likeness (QED) is 0.622. The van der Waals surface area contributed by atoms with Crippen molar-refractivity contribution in [2.45, 2.75) is 24.0 Å². The molecule has 0 saturated heterocycles. The highest BCUT2D eigenvalue weighted by molar-refractivity contribution is 8.18. The van der Waals surface area contributed by atoms with Gasteiger partial charge in [0.25, 0.3) is 0 Å². The van der Waals surface area contributed by atoms with E-state index in [1.807, 2.05) is 19.9 Å². The Bertz CT molecular complexity index is 933. The third-order valence-corrected chi connectivity index (χ3v) is 8.55. The minimum absolute atomic E-state index is 0.213. The first kappa shape index (κ1) is 21.5. The van der Waals surface area contributed by atoms with E-state index in [1.165, 1.54) is 14.2 Å². The van der Waals surface area contributed by atoms with E-state index in [9.17, 15) is 10.5 Å². The summed E-state index contributed by atoms with van der Waals surface area (Å²) >= 11 is 3.11. The van der Waals surface area contributed by atoms with Gasteiger partial charge in [0.2, 0.25) is 5.75 Å². The summed E-state index contributed by atoms with van der Waals surface area (Å²) in [6, 6.07) is 8.42. The van der Waals surface area contributed by atoms with Gasteiger partial charge in [0, 0.05) is 11.5 Å². The lowest BCUT2D eigenvalue weighted by Crippen LogP contribution is -2.31. The molecule has 2 N–H and O–H groups in total. The molecule has 0 bridgehead atoms. The molecular formula is C20H24N4O3S2. The number of amidine groups is 1. The van der Waals surface area contributed by atoms with Crippen molar-refractivity contribution in [1.29, 1.82) is 10.5 Å². The molecule has 0 unspecified atom stereocenters. The van der Waals surface area contributed by atoms with Gasteiger partial charge in [0.15, 0.2) is 15.7 Å². The van der Waals surface area contributed by atoms with Crippen LogP contribution in [0, 0.1) is 33.5 Å². The van der Waals surface area contributed by atoms with Crippen molar-refractivity contribution in [3.05, 3.63) is 17.7 Å². The molecule has 1 aliphatic heterocycles. The van der Waals surface area contributed by atoms with Crippen LogP contribution in [0.3, 0.4) is 0 Å². The molecule has 9 heteroatoms. The van der Waals surface area contributed by atoms with Crippen molar-refractivity contribution in [3.63, 3.8) is 0 Å². The van der Waals surface area contributed by atoms with Crippen molar-refractivity contribution >= 4 is 29.4 Å². The predicted octanol–water partition coefficient (Wildman–Crippen LogP) is 3.36. The molecule has 0 spiro atoms. The number of benzene rings is 1. The van der Waals surface area contributed by atoms with Crippen LogP contribution in [0.2, 0.25) is 0 Å². The van der Waals surface area contributed by atoms with Crippen LogP contribution in [0.15, 0.2) is 17.1 Å². The predicted molar refractivity (Wildman–Crippen MR) is 116 cm³/mol. The maximum absolute atomic E-state index is 10.4. The molecule has 3 atom stereocenters. The van der Waals surface area contributed by atoms with E-state index in [0.29, 0.717) is 22.8 Å². The highest BCUT2D eigenvalue weighted by Crippen LogP contribution is 2.86. The Balaban J connectivity index is 2.30. The fourth-order valence-corrected chi connectivity index (χ4v) is 7.82. The second-order valence-electron chi connectivity index (χ2n) is 6.64. The van der Waals surface area contributed by atoms with Crippen molar-refractivity contribution in [2.24, 2.45) is 21.6 Å². The standard InChI is InChI=1S/C20H24N4O3S2/c1-6-28-20(29-7-2)19(11-22)16(18(19,10-21)17(23)24-20)12-8-9-13(25-3)15(27-5)14(12)26-4/h8-9,16H,6-7H2,1-5H3,(H2,23,24)/t16-,18-,19-/m0/s1. The largest absolute Gasteiger partial charge is 0.493 e. The van der Waals surface area contributed by atoms with Crippen LogP contribution in [0.5, 0.6) is 17.2 Å². The van der Waals surface area contributed by atoms with Gasteiger partial charge in [-0.25, -0.2) is 4.99 Å². The van der Waals surface area contributed by atoms with E-state index in [0.717, 1.165) is 11.5 Å². The van der Waals surface area contributed by atoms with E-state index in [2.05, 4.69) is 12.1 Å². The van der Waals surface area contributed by atoms with Crippen LogP contribution in [0.4, 0.5) is 0 Å². The van der Waals surface area contributed by atoms with Crippen LogP contribution in [0.1, 0.15) is 25.3 Å². The normalized spacial score (nSPS) is 28.5. The van der Waals surface area contributed by atoms with E-state index in [1.54, 1.807) is 36.7 Å². The van der Waals surface area contributed by atoms with Gasteiger partial charge in [0.05, 0.1) is 33.5 Å². The Kier molecular flexibility index (Phi) is 5.59. The number of fused-ring (bicyclic) bond motifs is 1. The number of nitrogens with zero attached hydrogens (tertiary/aromatic N) is 3. The van der Waals surface area contributed by atoms with Gasteiger partial charge >= 0.3 is 0 Å². The molecule has 0 aromatic heterocycles. The third kappa shape index (κ3) is 2.41. The maximum Gasteiger partial charge on any atom is 0.203 e. The zero-order chi connectivity index (χ0) is 21.4. The number of hydrogen-bond donors (Lipinski definition) is 1. The summed E-state index contributed by atoms with van der Waals surface area (Å²) in [6.07, 6.45) is 0. The first-order chi connectivity index (χ1) is 13.9. The van der Waals surface area contributed by atoms with Crippen LogP contribution in [-0.4, -0.2) is 42.9 Å². The number of nitrogens with two attached hydrogens (primary N) is 1. The summed E-state index contributed by atoms with van der Waals surface area (Å²) in [7, 11) is 4.60. The molecule has 3 rings (SSSR count). The molecule has 1 heterocycles. The van der Waals surface area contributed by atoms with Gasteiger partial charge in [-0.2, -0.15) is 10.5 Å². The fraction of sp³-hybridized carbons (Fsp3) is 0.550. The molecule has 7 nitrogen and oxygen atoms in total. The van der Waals surface area contributed by atoms with Crippen LogP contribution < -0.4 is 19.9 Å². The number of hydrogen-bond acceptors (Lipinski definition) is 9. The van der Waals surface area contributed by atoms with Gasteiger partial charge in [-0.15, -0.1) is 23.5 Å². The van der Waals surface area contributed by atoms with Crippen molar-refractivity contribution < 1.29 is 14.2 Å². The zero-order valence-electron chi connectivity index (χ0n) is 17.1. The monoisotopic (exact) mass is 432 g/mol. The molecular weight excluding hydrogens is 408 g/mol. The average molecular weight is 433 g/mol. The smallest absolute Gasteiger partial charge is 0.203 e. The molecule has 2 aliphatic rings. The van der Waals surface area contributed by atoms with Crippen molar-refractivity contribution in [1.82, 2.24) is 0 Å². The van der Waals surface area contributed by atoms with E-state index < -0.39 is 21.0 Å². The summed E-state index contributed by atoms with van der Waals surface area (Å²) in [4.78, 5) is 4.70. The number of methoxy groups -OCH3 is 3. The molecule has 0 amide bonds. The minimum Gasteiger partial charge on any atom is -0.493 e. The summed E-state index contributed by atoms with van der Waals surface area (Å²) in [5.41, 5.74) is 4.75. The Morgan fingerprint density at radius 2 is 1.66 bits per heavy atom. The lowest BCUT2D eigenvalue weighted by molar-refractivity contribution is 0.321. The van der Waals surface area contributed by atoms with Gasteiger partial charge in [0.1, 0.15) is 16.7 Å². The molecule has 1 saturated carbocycles. The van der Waals surface area contributed by atoms with Gasteiger partial charge in [-0.05, 0) is 17.6 Å². The lowest BCUT2D eigenvalue weighted by Gasteiger charge is -2.31. The first-order valence-electron chi connectivity index (χ1n) is 9.20. The van der Waals surface area contributed by atoms with Gasteiger partial charge in [-0.1, -0.05) is 19.9 Å². The fourth-order valence-electron chi connectivity index (χ4n) is 4.57. The summed E-state index contributed by atoms with van der Waals surface area (Å²) in [6.45, 7) is 4.03. The maximum atomic E-state index is 10.4. The molecule has 1 aromatic rings. The van der Waals surface area contributed by atoms with Crippen LogP contribution in [0.25, 0.3) is 0 Å². The SMILES string of the molecule is CCSC1(SCC)N=C(N)[C@]2(C#N)[C@H](c3ccc(OC)c(OC)c3OC)[C@]12C#N. The molecule has 1 aromatic carbocycles. The lowest BCUT2D eigenvalue weighted by atomic mass is 9.97. The zero-order valence-corrected chi connectivity index (χ0v) is 18.7. The molecule has 29 heavy (non-hydrogen) atoms. The van der Waals surface area contributed by atoms with Crippen LogP contribution >= 0.6 is 23.5 Å². The van der Waals surface area contributed by atoms with Gasteiger partial charge in [-0.3, -0.25) is 0 Å². The molecule has 0 radical (unpaired) electrons. The highest BCUT2D eigenvalue weighted by Gasteiger charge is 2.92. The number of aliphatic imine (C=N–C) groups is 1. The topological polar surface area (TPSA) is 114 Å².